The van der Waals surface area contributed by atoms with E-state index in [0.717, 1.165) is 36.1 Å². The molecule has 0 aliphatic heterocycles. The van der Waals surface area contributed by atoms with Crippen molar-refractivity contribution in [2.75, 3.05) is 7.11 Å². The molecule has 0 fully saturated rings. The lowest BCUT2D eigenvalue weighted by Crippen LogP contribution is -2.21. The van der Waals surface area contributed by atoms with Crippen molar-refractivity contribution < 1.29 is 9.84 Å². The molecule has 3 rings (SSSR count). The average Bonchev–Trinajstić information content (AvgIpc) is 2.53. The van der Waals surface area contributed by atoms with Crippen molar-refractivity contribution in [3.8, 4) is 5.75 Å². The molecule has 2 aromatic carbocycles. The zero-order chi connectivity index (χ0) is 14.8. The summed E-state index contributed by atoms with van der Waals surface area (Å²) in [7, 11) is 1.68. The van der Waals surface area contributed by atoms with Gasteiger partial charge in [0, 0.05) is 0 Å². The third kappa shape index (κ3) is 2.81. The molecule has 2 heteroatoms. The van der Waals surface area contributed by atoms with E-state index >= 15 is 0 Å². The van der Waals surface area contributed by atoms with Gasteiger partial charge in [-0.05, 0) is 66.5 Å². The van der Waals surface area contributed by atoms with Crippen LogP contribution in [0, 0.1) is 12.8 Å². The summed E-state index contributed by atoms with van der Waals surface area (Å²) in [6, 6.07) is 14.6. The van der Waals surface area contributed by atoms with Gasteiger partial charge >= 0.3 is 0 Å². The Labute approximate surface area is 126 Å². The summed E-state index contributed by atoms with van der Waals surface area (Å²) in [6.07, 6.45) is 2.67. The first-order valence-corrected chi connectivity index (χ1v) is 7.58. The third-order valence-electron chi connectivity index (χ3n) is 4.59. The lowest BCUT2D eigenvalue weighted by Gasteiger charge is -2.29. The van der Waals surface area contributed by atoms with Gasteiger partial charge in [0.2, 0.25) is 0 Å². The second kappa shape index (κ2) is 5.90. The fraction of sp³-hybridized carbons (Fsp3) is 0.368. The van der Waals surface area contributed by atoms with Gasteiger partial charge in [-0.2, -0.15) is 0 Å². The molecule has 1 aliphatic rings. The fourth-order valence-corrected chi connectivity index (χ4v) is 3.35. The minimum Gasteiger partial charge on any atom is -0.496 e. The highest BCUT2D eigenvalue weighted by atomic mass is 16.5. The van der Waals surface area contributed by atoms with E-state index in [1.807, 2.05) is 25.1 Å². The predicted octanol–water partition coefficient (Wildman–Crippen LogP) is 3.84. The number of aryl methyl sites for hydroxylation is 2. The molecule has 1 aliphatic carbocycles. The Balaban J connectivity index is 1.80. The molecule has 0 bridgehead atoms. The van der Waals surface area contributed by atoms with Crippen LogP contribution in [0.5, 0.6) is 5.75 Å². The van der Waals surface area contributed by atoms with Crippen molar-refractivity contribution in [2.45, 2.75) is 32.3 Å². The van der Waals surface area contributed by atoms with Gasteiger partial charge in [0.15, 0.2) is 0 Å². The standard InChI is InChI=1S/C19H22O2/c1-13-11-16(9-10-18(13)21-2)19(20)17-8-7-14-5-3-4-6-15(14)12-17/h3-6,9-11,17,19-20H,7-8,12H2,1-2H3. The molecule has 21 heavy (non-hydrogen) atoms. The Bertz CT molecular complexity index is 633. The van der Waals surface area contributed by atoms with Crippen molar-refractivity contribution in [1.82, 2.24) is 0 Å². The SMILES string of the molecule is COc1ccc(C(O)C2CCc3ccccc3C2)cc1C. The van der Waals surface area contributed by atoms with Crippen LogP contribution < -0.4 is 4.74 Å². The van der Waals surface area contributed by atoms with E-state index in [1.54, 1.807) is 7.11 Å². The highest BCUT2D eigenvalue weighted by molar-refractivity contribution is 5.38. The van der Waals surface area contributed by atoms with Gasteiger partial charge < -0.3 is 9.84 Å². The van der Waals surface area contributed by atoms with Crippen molar-refractivity contribution in [3.05, 3.63) is 64.7 Å². The average molecular weight is 282 g/mol. The van der Waals surface area contributed by atoms with E-state index < -0.39 is 6.10 Å². The Morgan fingerprint density at radius 2 is 1.90 bits per heavy atom. The van der Waals surface area contributed by atoms with Gasteiger partial charge in [-0.1, -0.05) is 30.3 Å². The molecule has 0 saturated carbocycles. The monoisotopic (exact) mass is 282 g/mol. The van der Waals surface area contributed by atoms with Crippen LogP contribution in [0.2, 0.25) is 0 Å². The van der Waals surface area contributed by atoms with Crippen LogP contribution in [0.25, 0.3) is 0 Å². The maximum absolute atomic E-state index is 10.7. The third-order valence-corrected chi connectivity index (χ3v) is 4.59. The van der Waals surface area contributed by atoms with Crippen LogP contribution >= 0.6 is 0 Å². The summed E-state index contributed by atoms with van der Waals surface area (Å²) >= 11 is 0. The number of benzene rings is 2. The normalized spacial score (nSPS) is 18.9. The van der Waals surface area contributed by atoms with Crippen LogP contribution in [-0.4, -0.2) is 12.2 Å². The second-order valence-corrected chi connectivity index (χ2v) is 5.95. The number of hydrogen-bond acceptors (Lipinski definition) is 2. The Morgan fingerprint density at radius 1 is 1.14 bits per heavy atom. The molecule has 0 aromatic heterocycles. The van der Waals surface area contributed by atoms with E-state index in [1.165, 1.54) is 11.1 Å². The van der Waals surface area contributed by atoms with Gasteiger partial charge in [0.25, 0.3) is 0 Å². The molecule has 2 atom stereocenters. The fourth-order valence-electron chi connectivity index (χ4n) is 3.35. The summed E-state index contributed by atoms with van der Waals surface area (Å²) in [6.45, 7) is 2.02. The van der Waals surface area contributed by atoms with E-state index in [9.17, 15) is 5.11 Å². The summed E-state index contributed by atoms with van der Waals surface area (Å²) in [5.74, 6) is 1.17. The van der Waals surface area contributed by atoms with E-state index in [4.69, 9.17) is 4.74 Å². The Kier molecular flexibility index (Phi) is 3.98. The maximum Gasteiger partial charge on any atom is 0.121 e. The van der Waals surface area contributed by atoms with Crippen molar-refractivity contribution >= 4 is 0 Å². The first-order valence-electron chi connectivity index (χ1n) is 7.58. The molecule has 2 aromatic rings. The summed E-state index contributed by atoms with van der Waals surface area (Å²) in [5.41, 5.74) is 4.90. The van der Waals surface area contributed by atoms with Gasteiger partial charge in [0.05, 0.1) is 13.2 Å². The molecular formula is C19H22O2. The molecule has 110 valence electrons. The largest absolute Gasteiger partial charge is 0.496 e. The molecule has 1 N–H and O–H groups in total. The van der Waals surface area contributed by atoms with Crippen molar-refractivity contribution in [1.29, 1.82) is 0 Å². The first-order chi connectivity index (χ1) is 10.2. The van der Waals surface area contributed by atoms with Crippen LogP contribution in [-0.2, 0) is 12.8 Å². The molecule has 0 radical (unpaired) electrons. The minimum absolute atomic E-state index is 0.299. The molecule has 2 unspecified atom stereocenters. The van der Waals surface area contributed by atoms with Crippen LogP contribution in [0.15, 0.2) is 42.5 Å². The van der Waals surface area contributed by atoms with Gasteiger partial charge in [-0.25, -0.2) is 0 Å². The van der Waals surface area contributed by atoms with Gasteiger partial charge in [0.1, 0.15) is 5.75 Å². The van der Waals surface area contributed by atoms with E-state index in [-0.39, 0.29) is 0 Å². The number of aliphatic hydroxyl groups excluding tert-OH is 1. The van der Waals surface area contributed by atoms with Gasteiger partial charge in [-0.15, -0.1) is 0 Å². The zero-order valence-electron chi connectivity index (χ0n) is 12.7. The van der Waals surface area contributed by atoms with Crippen LogP contribution in [0.3, 0.4) is 0 Å². The summed E-state index contributed by atoms with van der Waals surface area (Å²) in [4.78, 5) is 0. The number of fused-ring (bicyclic) bond motifs is 1. The highest BCUT2D eigenvalue weighted by Crippen LogP contribution is 2.35. The number of aliphatic hydroxyl groups is 1. The first kappa shape index (κ1) is 14.2. The minimum atomic E-state index is -0.400. The number of hydrogen-bond donors (Lipinski definition) is 1. The number of ether oxygens (including phenoxy) is 1. The molecule has 0 saturated heterocycles. The Morgan fingerprint density at radius 3 is 2.62 bits per heavy atom. The predicted molar refractivity (Wildman–Crippen MR) is 84.6 cm³/mol. The van der Waals surface area contributed by atoms with Crippen molar-refractivity contribution in [2.24, 2.45) is 5.92 Å². The molecular weight excluding hydrogens is 260 g/mol. The zero-order valence-corrected chi connectivity index (χ0v) is 12.7. The molecule has 2 nitrogen and oxygen atoms in total. The maximum atomic E-state index is 10.7. The highest BCUT2D eigenvalue weighted by Gasteiger charge is 2.26. The van der Waals surface area contributed by atoms with Crippen LogP contribution in [0.4, 0.5) is 0 Å². The van der Waals surface area contributed by atoms with Crippen LogP contribution in [0.1, 0.15) is 34.8 Å². The lowest BCUT2D eigenvalue weighted by atomic mass is 9.79. The quantitative estimate of drug-likeness (QED) is 0.926. The van der Waals surface area contributed by atoms with E-state index in [2.05, 4.69) is 24.3 Å². The van der Waals surface area contributed by atoms with Gasteiger partial charge in [-0.3, -0.25) is 0 Å². The number of methoxy groups -OCH3 is 1. The molecule has 0 spiro atoms. The van der Waals surface area contributed by atoms with E-state index in [0.29, 0.717) is 5.92 Å². The lowest BCUT2D eigenvalue weighted by molar-refractivity contribution is 0.0994. The Hall–Kier alpha value is -1.80. The topological polar surface area (TPSA) is 29.5 Å². The number of rotatable bonds is 3. The van der Waals surface area contributed by atoms with Crippen molar-refractivity contribution in [3.63, 3.8) is 0 Å². The summed E-state index contributed by atoms with van der Waals surface area (Å²) in [5, 5.41) is 10.7. The molecule has 0 amide bonds. The smallest absolute Gasteiger partial charge is 0.121 e. The summed E-state index contributed by atoms with van der Waals surface area (Å²) < 4.78 is 5.29. The second-order valence-electron chi connectivity index (χ2n) is 5.95. The molecule has 0 heterocycles.